The second-order valence-corrected chi connectivity index (χ2v) is 11.2. The van der Waals surface area contributed by atoms with E-state index in [0.717, 1.165) is 72.2 Å². The first kappa shape index (κ1) is 26.5. The molecule has 3 aromatic rings. The quantitative estimate of drug-likeness (QED) is 0.408. The van der Waals surface area contributed by atoms with Crippen molar-refractivity contribution in [2.45, 2.75) is 82.4 Å². The van der Waals surface area contributed by atoms with Gasteiger partial charge in [-0.1, -0.05) is 12.5 Å². The molecule has 1 amide bonds. The van der Waals surface area contributed by atoms with Crippen LogP contribution in [0.15, 0.2) is 30.5 Å². The Labute approximate surface area is 230 Å². The van der Waals surface area contributed by atoms with Gasteiger partial charge in [-0.15, -0.1) is 0 Å². The highest BCUT2D eigenvalue weighted by molar-refractivity contribution is 5.95. The SMILES string of the molecule is COC(=O)N1c2ccc3c(nc(C4(c5ccc(OC(F)F)nc5)CC4)n3[C@@H]3CCC[C@@H](C(=O)O)C3)c2CCC1C. The van der Waals surface area contributed by atoms with E-state index >= 15 is 0 Å². The summed E-state index contributed by atoms with van der Waals surface area (Å²) in [5, 5.41) is 9.81. The molecule has 1 aromatic carbocycles. The first-order valence-corrected chi connectivity index (χ1v) is 13.8. The van der Waals surface area contributed by atoms with Crippen molar-refractivity contribution < 1.29 is 33.0 Å². The van der Waals surface area contributed by atoms with Crippen molar-refractivity contribution in [3.8, 4) is 5.88 Å². The lowest BCUT2D eigenvalue weighted by atomic mass is 9.85. The third-order valence-electron chi connectivity index (χ3n) is 8.86. The molecule has 2 fully saturated rings. The number of carbonyl (C=O) groups is 2. The number of carbonyl (C=O) groups excluding carboxylic acids is 1. The summed E-state index contributed by atoms with van der Waals surface area (Å²) >= 11 is 0. The van der Waals surface area contributed by atoms with Gasteiger partial charge in [-0.25, -0.2) is 14.8 Å². The van der Waals surface area contributed by atoms with E-state index < -0.39 is 30.0 Å². The molecule has 212 valence electrons. The fourth-order valence-corrected chi connectivity index (χ4v) is 6.70. The van der Waals surface area contributed by atoms with E-state index in [1.54, 1.807) is 17.2 Å². The second kappa shape index (κ2) is 10.0. The second-order valence-electron chi connectivity index (χ2n) is 11.2. The highest BCUT2D eigenvalue weighted by Crippen LogP contribution is 2.55. The summed E-state index contributed by atoms with van der Waals surface area (Å²) < 4.78 is 37.2. The number of rotatable bonds is 6. The lowest BCUT2D eigenvalue weighted by Crippen LogP contribution is -2.42. The standard InChI is InChI=1S/C29H32F2N4O5/c1-16-6-8-20-21(34(16)28(38)39-2)9-10-22-24(20)33-26(35(22)19-5-3-4-17(14-19)25(36)37)29(12-13-29)18-7-11-23(32-15-18)40-27(30)31/h7,9-11,15-17,19,27H,3-6,8,12-14H2,1-2H3,(H,36,37)/t16?,17-,19-/m1/s1. The van der Waals surface area contributed by atoms with Crippen LogP contribution in [0.5, 0.6) is 5.88 Å². The van der Waals surface area contributed by atoms with Crippen LogP contribution in [-0.2, 0) is 21.4 Å². The van der Waals surface area contributed by atoms with Gasteiger partial charge in [0.15, 0.2) is 0 Å². The molecule has 3 aliphatic rings. The van der Waals surface area contributed by atoms with Crippen LogP contribution in [0.4, 0.5) is 19.3 Å². The zero-order chi connectivity index (χ0) is 28.2. The number of aliphatic carboxylic acids is 1. The Morgan fingerprint density at radius 3 is 2.60 bits per heavy atom. The molecule has 0 radical (unpaired) electrons. The smallest absolute Gasteiger partial charge is 0.414 e. The van der Waals surface area contributed by atoms with E-state index in [2.05, 4.69) is 14.3 Å². The summed E-state index contributed by atoms with van der Waals surface area (Å²) in [4.78, 5) is 35.7. The number of hydrogen-bond acceptors (Lipinski definition) is 6. The van der Waals surface area contributed by atoms with Crippen LogP contribution < -0.4 is 9.64 Å². The number of anilines is 1. The molecule has 0 saturated heterocycles. The number of halogens is 2. The molecule has 6 rings (SSSR count). The number of amides is 1. The van der Waals surface area contributed by atoms with E-state index in [1.807, 2.05) is 19.1 Å². The Morgan fingerprint density at radius 1 is 1.15 bits per heavy atom. The molecule has 2 aliphatic carbocycles. The number of nitrogens with zero attached hydrogens (tertiary/aromatic N) is 4. The molecular weight excluding hydrogens is 522 g/mol. The Bertz CT molecular complexity index is 1450. The fourth-order valence-electron chi connectivity index (χ4n) is 6.70. The summed E-state index contributed by atoms with van der Waals surface area (Å²) in [6.45, 7) is -0.958. The molecule has 2 aromatic heterocycles. The average molecular weight is 555 g/mol. The maximum atomic E-state index is 12.7. The van der Waals surface area contributed by atoms with Crippen molar-refractivity contribution in [1.29, 1.82) is 0 Å². The topological polar surface area (TPSA) is 107 Å². The number of fused-ring (bicyclic) bond motifs is 3. The Hall–Kier alpha value is -3.76. The summed E-state index contributed by atoms with van der Waals surface area (Å²) in [5.74, 6) is -0.527. The first-order chi connectivity index (χ1) is 19.2. The molecule has 3 atom stereocenters. The Balaban J connectivity index is 1.51. The zero-order valence-electron chi connectivity index (χ0n) is 22.5. The lowest BCUT2D eigenvalue weighted by Gasteiger charge is -2.34. The van der Waals surface area contributed by atoms with Crippen LogP contribution in [0.2, 0.25) is 0 Å². The molecule has 0 spiro atoms. The predicted molar refractivity (Wildman–Crippen MR) is 142 cm³/mol. The number of carboxylic acids is 1. The van der Waals surface area contributed by atoms with E-state index in [9.17, 15) is 23.5 Å². The van der Waals surface area contributed by atoms with Crippen molar-refractivity contribution in [2.24, 2.45) is 5.92 Å². The summed E-state index contributed by atoms with van der Waals surface area (Å²) in [6.07, 6.45) is 7.05. The Kier molecular flexibility index (Phi) is 6.62. The summed E-state index contributed by atoms with van der Waals surface area (Å²) in [7, 11) is 1.37. The van der Waals surface area contributed by atoms with Crippen LogP contribution in [0, 0.1) is 5.92 Å². The predicted octanol–water partition coefficient (Wildman–Crippen LogP) is 5.84. The zero-order valence-corrected chi connectivity index (χ0v) is 22.5. The minimum absolute atomic E-state index is 0.0246. The molecule has 3 heterocycles. The molecule has 11 heteroatoms. The monoisotopic (exact) mass is 554 g/mol. The highest BCUT2D eigenvalue weighted by atomic mass is 19.3. The van der Waals surface area contributed by atoms with Gasteiger partial charge < -0.3 is 19.1 Å². The number of ether oxygens (including phenoxy) is 2. The average Bonchev–Trinajstić information content (AvgIpc) is 3.65. The number of alkyl halides is 2. The van der Waals surface area contributed by atoms with Gasteiger partial charge >= 0.3 is 18.7 Å². The number of carboxylic acid groups (broad SMARTS) is 1. The largest absolute Gasteiger partial charge is 0.481 e. The maximum Gasteiger partial charge on any atom is 0.414 e. The summed E-state index contributed by atoms with van der Waals surface area (Å²) in [6, 6.07) is 7.06. The minimum Gasteiger partial charge on any atom is -0.481 e. The van der Waals surface area contributed by atoms with Crippen molar-refractivity contribution in [3.05, 3.63) is 47.4 Å². The van der Waals surface area contributed by atoms with Crippen molar-refractivity contribution >= 4 is 28.8 Å². The maximum absolute atomic E-state index is 12.7. The molecule has 40 heavy (non-hydrogen) atoms. The van der Waals surface area contributed by atoms with Gasteiger partial charge in [0, 0.05) is 29.9 Å². The molecule has 1 unspecified atom stereocenters. The van der Waals surface area contributed by atoms with E-state index in [1.165, 1.54) is 13.2 Å². The third kappa shape index (κ3) is 4.35. The fraction of sp³-hybridized carbons (Fsp3) is 0.517. The number of aromatic nitrogens is 3. The van der Waals surface area contributed by atoms with E-state index in [-0.39, 0.29) is 18.0 Å². The highest BCUT2D eigenvalue weighted by Gasteiger charge is 2.51. The van der Waals surface area contributed by atoms with Gasteiger partial charge in [0.1, 0.15) is 5.82 Å². The van der Waals surface area contributed by atoms with Gasteiger partial charge in [0.05, 0.1) is 35.2 Å². The Morgan fingerprint density at radius 2 is 1.95 bits per heavy atom. The van der Waals surface area contributed by atoms with E-state index in [4.69, 9.17) is 9.72 Å². The number of aryl methyl sites for hydroxylation is 1. The van der Waals surface area contributed by atoms with Crippen molar-refractivity contribution in [2.75, 3.05) is 12.0 Å². The summed E-state index contributed by atoms with van der Waals surface area (Å²) in [5.41, 5.74) is 3.86. The van der Waals surface area contributed by atoms with Crippen LogP contribution in [0.3, 0.4) is 0 Å². The minimum atomic E-state index is -2.95. The molecule has 9 nitrogen and oxygen atoms in total. The van der Waals surface area contributed by atoms with Crippen LogP contribution in [-0.4, -0.2) is 51.5 Å². The number of benzene rings is 1. The number of hydrogen-bond donors (Lipinski definition) is 1. The molecule has 0 bridgehead atoms. The van der Waals surface area contributed by atoms with Gasteiger partial charge in [0.25, 0.3) is 0 Å². The van der Waals surface area contributed by atoms with Gasteiger partial charge in [-0.2, -0.15) is 8.78 Å². The van der Waals surface area contributed by atoms with Crippen LogP contribution in [0.1, 0.15) is 74.9 Å². The van der Waals surface area contributed by atoms with Crippen molar-refractivity contribution in [1.82, 2.24) is 14.5 Å². The van der Waals surface area contributed by atoms with Gasteiger partial charge in [0.2, 0.25) is 5.88 Å². The van der Waals surface area contributed by atoms with Crippen LogP contribution in [0.25, 0.3) is 11.0 Å². The third-order valence-corrected chi connectivity index (χ3v) is 8.86. The van der Waals surface area contributed by atoms with Gasteiger partial charge in [-0.3, -0.25) is 9.69 Å². The molecule has 1 aliphatic heterocycles. The first-order valence-electron chi connectivity index (χ1n) is 13.8. The van der Waals surface area contributed by atoms with Gasteiger partial charge in [-0.05, 0) is 69.6 Å². The normalized spacial score (nSPS) is 23.6. The molecule has 2 saturated carbocycles. The number of pyridine rings is 1. The number of methoxy groups -OCH3 is 1. The van der Waals surface area contributed by atoms with Crippen molar-refractivity contribution in [3.63, 3.8) is 0 Å². The van der Waals surface area contributed by atoms with Crippen LogP contribution >= 0.6 is 0 Å². The van der Waals surface area contributed by atoms with E-state index in [0.29, 0.717) is 12.8 Å². The number of imidazole rings is 1. The lowest BCUT2D eigenvalue weighted by molar-refractivity contribution is -0.143. The molecular formula is C29H32F2N4O5. The molecule has 1 N–H and O–H groups in total.